The molecule has 2 amide bonds. The molecule has 0 fully saturated rings. The molecule has 3 rings (SSSR count). The maximum absolute atomic E-state index is 14.0. The lowest BCUT2D eigenvalue weighted by atomic mass is 10.1. The summed E-state index contributed by atoms with van der Waals surface area (Å²) in [4.78, 5) is 25.7. The fourth-order valence-electron chi connectivity index (χ4n) is 2.62. The SMILES string of the molecule is COc1ccc(C2=C(Cl)C(=O)N(c3cc(F)ccc3F)C2=O)cc1OC. The van der Waals surface area contributed by atoms with Crippen LogP contribution in [0.4, 0.5) is 14.5 Å². The molecule has 0 radical (unpaired) electrons. The highest BCUT2D eigenvalue weighted by atomic mass is 35.5. The molecule has 8 heteroatoms. The first-order valence-corrected chi connectivity index (χ1v) is 7.72. The average molecular weight is 380 g/mol. The first-order chi connectivity index (χ1) is 12.4. The van der Waals surface area contributed by atoms with Crippen LogP contribution in [-0.2, 0) is 9.59 Å². The Kier molecular flexibility index (Phi) is 4.65. The highest BCUT2D eigenvalue weighted by Gasteiger charge is 2.40. The third-order valence-corrected chi connectivity index (χ3v) is 4.20. The van der Waals surface area contributed by atoms with Crippen LogP contribution < -0.4 is 14.4 Å². The van der Waals surface area contributed by atoms with Crippen molar-refractivity contribution in [2.24, 2.45) is 0 Å². The second-order valence-electron chi connectivity index (χ2n) is 5.30. The summed E-state index contributed by atoms with van der Waals surface area (Å²) in [6, 6.07) is 6.98. The number of rotatable bonds is 4. The molecule has 0 aliphatic carbocycles. The van der Waals surface area contributed by atoms with Crippen LogP contribution in [-0.4, -0.2) is 26.0 Å². The van der Waals surface area contributed by atoms with Crippen LogP contribution in [0.3, 0.4) is 0 Å². The molecule has 1 aliphatic rings. The normalized spacial score (nSPS) is 14.3. The Balaban J connectivity index is 2.09. The number of methoxy groups -OCH3 is 2. The predicted molar refractivity (Wildman–Crippen MR) is 91.2 cm³/mol. The van der Waals surface area contributed by atoms with Gasteiger partial charge < -0.3 is 9.47 Å². The van der Waals surface area contributed by atoms with Crippen molar-refractivity contribution in [3.8, 4) is 11.5 Å². The third kappa shape index (κ3) is 2.80. The van der Waals surface area contributed by atoms with E-state index >= 15 is 0 Å². The fraction of sp³-hybridized carbons (Fsp3) is 0.111. The van der Waals surface area contributed by atoms with Crippen LogP contribution in [0, 0.1) is 11.6 Å². The molecular weight excluding hydrogens is 368 g/mol. The Labute approximate surface area is 152 Å². The van der Waals surface area contributed by atoms with E-state index in [0.717, 1.165) is 18.2 Å². The number of hydrogen-bond donors (Lipinski definition) is 0. The van der Waals surface area contributed by atoms with Crippen LogP contribution in [0.15, 0.2) is 41.4 Å². The number of carbonyl (C=O) groups is 2. The molecule has 134 valence electrons. The molecule has 2 aromatic carbocycles. The van der Waals surface area contributed by atoms with Crippen LogP contribution in [0.1, 0.15) is 5.56 Å². The molecule has 0 spiro atoms. The minimum atomic E-state index is -0.939. The van der Waals surface area contributed by atoms with E-state index in [0.29, 0.717) is 16.4 Å². The molecular formula is C18H12ClF2NO4. The number of anilines is 1. The monoisotopic (exact) mass is 379 g/mol. The molecule has 0 aromatic heterocycles. The third-order valence-electron chi connectivity index (χ3n) is 3.85. The number of nitrogens with zero attached hydrogens (tertiary/aromatic N) is 1. The van der Waals surface area contributed by atoms with Gasteiger partial charge in [-0.2, -0.15) is 0 Å². The Morgan fingerprint density at radius 3 is 2.27 bits per heavy atom. The number of amides is 2. The molecule has 1 aliphatic heterocycles. The zero-order valence-electron chi connectivity index (χ0n) is 13.7. The van der Waals surface area contributed by atoms with Gasteiger partial charge in [-0.05, 0) is 29.8 Å². The van der Waals surface area contributed by atoms with Gasteiger partial charge in [0.2, 0.25) is 0 Å². The minimum Gasteiger partial charge on any atom is -0.493 e. The van der Waals surface area contributed by atoms with Crippen molar-refractivity contribution >= 4 is 34.7 Å². The predicted octanol–water partition coefficient (Wildman–Crippen LogP) is 3.51. The molecule has 0 bridgehead atoms. The lowest BCUT2D eigenvalue weighted by Gasteiger charge is -2.16. The van der Waals surface area contributed by atoms with Gasteiger partial charge in [-0.25, -0.2) is 13.7 Å². The van der Waals surface area contributed by atoms with E-state index in [2.05, 4.69) is 0 Å². The fourth-order valence-corrected chi connectivity index (χ4v) is 2.90. The molecule has 1 heterocycles. The van der Waals surface area contributed by atoms with Crippen molar-refractivity contribution in [1.82, 2.24) is 0 Å². The summed E-state index contributed by atoms with van der Waals surface area (Å²) < 4.78 is 37.8. The summed E-state index contributed by atoms with van der Waals surface area (Å²) in [5.41, 5.74) is -0.361. The highest BCUT2D eigenvalue weighted by Crippen LogP contribution is 2.38. The summed E-state index contributed by atoms with van der Waals surface area (Å²) in [6.45, 7) is 0. The van der Waals surface area contributed by atoms with Gasteiger partial charge in [0, 0.05) is 6.07 Å². The molecule has 0 atom stereocenters. The van der Waals surface area contributed by atoms with Gasteiger partial charge >= 0.3 is 0 Å². The number of imide groups is 1. The van der Waals surface area contributed by atoms with Gasteiger partial charge in [-0.15, -0.1) is 0 Å². The van der Waals surface area contributed by atoms with Crippen molar-refractivity contribution in [2.75, 3.05) is 19.1 Å². The average Bonchev–Trinajstić information content (AvgIpc) is 2.85. The largest absolute Gasteiger partial charge is 0.493 e. The summed E-state index contributed by atoms with van der Waals surface area (Å²) in [7, 11) is 2.86. The highest BCUT2D eigenvalue weighted by molar-refractivity contribution is 6.60. The first-order valence-electron chi connectivity index (χ1n) is 7.35. The van der Waals surface area contributed by atoms with E-state index in [-0.39, 0.29) is 11.1 Å². The quantitative estimate of drug-likeness (QED) is 0.763. The van der Waals surface area contributed by atoms with E-state index in [9.17, 15) is 18.4 Å². The standard InChI is InChI=1S/C18H12ClF2NO4/c1-25-13-6-3-9(7-14(13)26-2)15-16(19)18(24)22(17(15)23)12-8-10(20)4-5-11(12)21/h3-8H,1-2H3. The van der Waals surface area contributed by atoms with E-state index in [1.165, 1.54) is 32.4 Å². The van der Waals surface area contributed by atoms with Crippen LogP contribution in [0.25, 0.3) is 5.57 Å². The minimum absolute atomic E-state index is 0.138. The second kappa shape index (κ2) is 6.76. The van der Waals surface area contributed by atoms with Crippen LogP contribution in [0.5, 0.6) is 11.5 Å². The molecule has 0 saturated carbocycles. The first kappa shape index (κ1) is 17.9. The molecule has 0 unspecified atom stereocenters. The van der Waals surface area contributed by atoms with Crippen LogP contribution in [0.2, 0.25) is 0 Å². The Morgan fingerprint density at radius 1 is 0.923 bits per heavy atom. The summed E-state index contributed by atoms with van der Waals surface area (Å²) in [5.74, 6) is -2.79. The van der Waals surface area contributed by atoms with Crippen LogP contribution >= 0.6 is 11.6 Å². The molecule has 26 heavy (non-hydrogen) atoms. The van der Waals surface area contributed by atoms with E-state index in [1.54, 1.807) is 0 Å². The Hall–Kier alpha value is -2.93. The van der Waals surface area contributed by atoms with Gasteiger partial charge in [-0.1, -0.05) is 17.7 Å². The van der Waals surface area contributed by atoms with Crippen molar-refractivity contribution in [3.63, 3.8) is 0 Å². The van der Waals surface area contributed by atoms with E-state index in [1.807, 2.05) is 0 Å². The Bertz CT molecular complexity index is 958. The molecule has 0 N–H and O–H groups in total. The zero-order chi connectivity index (χ0) is 19.0. The van der Waals surface area contributed by atoms with Gasteiger partial charge in [0.1, 0.15) is 16.7 Å². The van der Waals surface area contributed by atoms with Gasteiger partial charge in [-0.3, -0.25) is 9.59 Å². The van der Waals surface area contributed by atoms with Crippen molar-refractivity contribution < 1.29 is 27.8 Å². The van der Waals surface area contributed by atoms with Gasteiger partial charge in [0.25, 0.3) is 11.8 Å². The number of hydrogen-bond acceptors (Lipinski definition) is 4. The maximum atomic E-state index is 14.0. The van der Waals surface area contributed by atoms with E-state index in [4.69, 9.17) is 21.1 Å². The number of ether oxygens (including phenoxy) is 2. The smallest absolute Gasteiger partial charge is 0.277 e. The summed E-state index contributed by atoms with van der Waals surface area (Å²) in [5, 5.41) is -0.397. The lowest BCUT2D eigenvalue weighted by Crippen LogP contribution is -2.32. The van der Waals surface area contributed by atoms with E-state index < -0.39 is 34.2 Å². The maximum Gasteiger partial charge on any atom is 0.277 e. The molecule has 5 nitrogen and oxygen atoms in total. The zero-order valence-corrected chi connectivity index (χ0v) is 14.4. The van der Waals surface area contributed by atoms with Crippen molar-refractivity contribution in [1.29, 1.82) is 0 Å². The number of carbonyl (C=O) groups excluding carboxylic acids is 2. The van der Waals surface area contributed by atoms with Gasteiger partial charge in [0.15, 0.2) is 11.5 Å². The number of benzene rings is 2. The molecule has 0 saturated heterocycles. The Morgan fingerprint density at radius 2 is 1.62 bits per heavy atom. The summed E-state index contributed by atoms with van der Waals surface area (Å²) in [6.07, 6.45) is 0. The topological polar surface area (TPSA) is 55.8 Å². The second-order valence-corrected chi connectivity index (χ2v) is 5.68. The van der Waals surface area contributed by atoms with Crippen molar-refractivity contribution in [2.45, 2.75) is 0 Å². The van der Waals surface area contributed by atoms with Gasteiger partial charge in [0.05, 0.1) is 25.5 Å². The lowest BCUT2D eigenvalue weighted by molar-refractivity contribution is -0.119. The number of halogens is 3. The van der Waals surface area contributed by atoms with Crippen molar-refractivity contribution in [3.05, 3.63) is 58.6 Å². The summed E-state index contributed by atoms with van der Waals surface area (Å²) >= 11 is 6.04. The molecule has 2 aromatic rings.